The Labute approximate surface area is 232 Å². The number of hydrogen-bond donors (Lipinski definition) is 2. The van der Waals surface area contributed by atoms with Crippen LogP contribution in [0.4, 0.5) is 0 Å². The van der Waals surface area contributed by atoms with Crippen molar-refractivity contribution in [3.8, 4) is 0 Å². The molecule has 4 heterocycles. The van der Waals surface area contributed by atoms with E-state index < -0.39 is 10.0 Å². The summed E-state index contributed by atoms with van der Waals surface area (Å²) >= 11 is 0. The Morgan fingerprint density at radius 3 is 2.68 bits per heavy atom. The Balaban J connectivity index is 1.10. The first-order valence-corrected chi connectivity index (χ1v) is 18.4. The summed E-state index contributed by atoms with van der Waals surface area (Å²) in [6.45, 7) is 5.45. The fourth-order valence-electron chi connectivity index (χ4n) is 8.80. The number of carbonyl (C=O) groups excluding carboxylic acids is 1. The zero-order chi connectivity index (χ0) is 26.5. The van der Waals surface area contributed by atoms with Gasteiger partial charge in [-0.1, -0.05) is 42.3 Å². The molecule has 8 unspecified atom stereocenters. The van der Waals surface area contributed by atoms with E-state index in [1.807, 2.05) is 0 Å². The molecule has 0 spiro atoms. The van der Waals surface area contributed by atoms with E-state index in [1.54, 1.807) is 0 Å². The van der Waals surface area contributed by atoms with Crippen molar-refractivity contribution in [2.24, 2.45) is 5.92 Å². The van der Waals surface area contributed by atoms with Crippen molar-refractivity contribution in [3.63, 3.8) is 0 Å². The highest BCUT2D eigenvalue weighted by Gasteiger charge is 2.71. The van der Waals surface area contributed by atoms with Gasteiger partial charge in [-0.2, -0.15) is 4.59 Å². The molecular weight excluding hydrogens is 492 g/mol. The van der Waals surface area contributed by atoms with Crippen LogP contribution in [0.25, 0.3) is 0 Å². The SMILES string of the molecule is CCCC1(NC2N3CCC(NC4CCC5=[N+]=CS(C)(C)C5C4)[N+]23C)CCCC(C(=O)N2CCCCCC2)C1. The number of carbonyl (C=O) groups is 1. The minimum Gasteiger partial charge on any atom is -0.342 e. The zero-order valence-corrected chi connectivity index (χ0v) is 25.4. The zero-order valence-electron chi connectivity index (χ0n) is 24.6. The molecule has 214 valence electrons. The molecule has 0 aromatic heterocycles. The molecule has 3 saturated heterocycles. The molecule has 4 aliphatic heterocycles. The number of nitrogens with zero attached hydrogens (tertiary/aromatic N) is 4. The summed E-state index contributed by atoms with van der Waals surface area (Å²) in [5.74, 6) is 0.663. The molecule has 7 nitrogen and oxygen atoms in total. The molecule has 2 N–H and O–H groups in total. The molecular formula is C30H54N6OS+2. The van der Waals surface area contributed by atoms with Crippen molar-refractivity contribution in [2.45, 2.75) is 126 Å². The lowest BCUT2D eigenvalue weighted by atomic mass is 9.73. The molecule has 0 aromatic carbocycles. The van der Waals surface area contributed by atoms with Gasteiger partial charge in [0.15, 0.2) is 6.17 Å². The van der Waals surface area contributed by atoms with Gasteiger partial charge in [0.2, 0.25) is 5.91 Å². The number of fused-ring (bicyclic) bond motifs is 2. The summed E-state index contributed by atoms with van der Waals surface area (Å²) in [5, 5.41) is 11.8. The van der Waals surface area contributed by atoms with Gasteiger partial charge in [0.1, 0.15) is 0 Å². The third-order valence-electron chi connectivity index (χ3n) is 11.1. The molecule has 0 radical (unpaired) electrons. The number of nitrogens with one attached hydrogen (secondary N) is 2. The summed E-state index contributed by atoms with van der Waals surface area (Å²) in [7, 11) is 1.72. The molecule has 8 atom stereocenters. The van der Waals surface area contributed by atoms with Gasteiger partial charge in [0.25, 0.3) is 12.0 Å². The number of rotatable bonds is 7. The molecule has 1 amide bonds. The molecule has 2 saturated carbocycles. The van der Waals surface area contributed by atoms with Crippen molar-refractivity contribution < 1.29 is 9.39 Å². The van der Waals surface area contributed by atoms with Gasteiger partial charge >= 0.3 is 5.55 Å². The fraction of sp³-hybridized carbons (Fsp3) is 0.900. The first-order chi connectivity index (χ1) is 18.3. The van der Waals surface area contributed by atoms with E-state index >= 15 is 0 Å². The van der Waals surface area contributed by atoms with Crippen LogP contribution in [0.1, 0.15) is 96.8 Å². The Kier molecular flexibility index (Phi) is 7.54. The van der Waals surface area contributed by atoms with Crippen LogP contribution in [0.15, 0.2) is 0 Å². The minimum absolute atomic E-state index is 0.100. The van der Waals surface area contributed by atoms with Gasteiger partial charge in [-0.15, -0.1) is 10.0 Å². The molecule has 0 aromatic rings. The van der Waals surface area contributed by atoms with E-state index in [2.05, 4.69) is 52.6 Å². The topological polar surface area (TPSA) is 61.5 Å². The van der Waals surface area contributed by atoms with E-state index in [1.165, 1.54) is 82.8 Å². The van der Waals surface area contributed by atoms with Crippen LogP contribution < -0.4 is 15.3 Å². The number of hydrogen-bond acceptors (Lipinski definition) is 4. The first kappa shape index (κ1) is 27.3. The van der Waals surface area contributed by atoms with E-state index in [0.29, 0.717) is 29.7 Å². The quantitative estimate of drug-likeness (QED) is 0.291. The number of likely N-dealkylation sites (tertiary alicyclic amines) is 1. The maximum atomic E-state index is 13.6. The van der Waals surface area contributed by atoms with E-state index in [0.717, 1.165) is 37.1 Å². The van der Waals surface area contributed by atoms with Crippen LogP contribution in [0, 0.1) is 5.92 Å². The average molecular weight is 547 g/mol. The second kappa shape index (κ2) is 10.5. The summed E-state index contributed by atoms with van der Waals surface area (Å²) in [6, 6.07) is 0.605. The standard InChI is InChI=1S/C30H54N6OS/c1-5-15-30(16-10-11-23(21-30)28(37)34-17-8-6-7-9-18-34)33-29-35-19-14-27(36(29,35)2)32-24-12-13-25-26(20-24)38(3,4)22-31-25/h22-24,26-27,29,32-33H,5-21H2,1-4H3/q+2. The molecule has 0 bridgehead atoms. The van der Waals surface area contributed by atoms with Gasteiger partial charge in [0.05, 0.1) is 18.8 Å². The van der Waals surface area contributed by atoms with Crippen LogP contribution in [-0.2, 0) is 4.79 Å². The number of amides is 1. The van der Waals surface area contributed by atoms with Crippen LogP contribution >= 0.6 is 10.0 Å². The monoisotopic (exact) mass is 546 g/mol. The van der Waals surface area contributed by atoms with Crippen molar-refractivity contribution in [3.05, 3.63) is 0 Å². The summed E-state index contributed by atoms with van der Waals surface area (Å²) in [4.78, 5) is 15.8. The highest BCUT2D eigenvalue weighted by molar-refractivity contribution is 8.44. The lowest BCUT2D eigenvalue weighted by Crippen LogP contribution is -2.58. The molecule has 2 aliphatic carbocycles. The van der Waals surface area contributed by atoms with Crippen LogP contribution in [0.2, 0.25) is 0 Å². The third-order valence-corrected chi connectivity index (χ3v) is 13.7. The van der Waals surface area contributed by atoms with E-state index in [-0.39, 0.29) is 11.5 Å². The average Bonchev–Trinajstić information content (AvgIpc) is 3.31. The normalized spacial score (nSPS) is 44.6. The van der Waals surface area contributed by atoms with Crippen molar-refractivity contribution in [1.29, 1.82) is 0 Å². The van der Waals surface area contributed by atoms with Gasteiger partial charge in [-0.25, -0.2) is 5.32 Å². The van der Waals surface area contributed by atoms with Gasteiger partial charge < -0.3 is 4.90 Å². The predicted molar refractivity (Wildman–Crippen MR) is 160 cm³/mol. The Hall–Kier alpha value is -0.890. The Morgan fingerprint density at radius 1 is 1.13 bits per heavy atom. The van der Waals surface area contributed by atoms with Gasteiger partial charge in [-0.05, 0) is 63.9 Å². The predicted octanol–water partition coefficient (Wildman–Crippen LogP) is 3.52. The maximum absolute atomic E-state index is 13.6. The molecule has 8 heteroatoms. The third kappa shape index (κ3) is 4.92. The minimum atomic E-state index is -0.727. The number of quaternary nitrogens is 1. The Morgan fingerprint density at radius 2 is 1.92 bits per heavy atom. The summed E-state index contributed by atoms with van der Waals surface area (Å²) < 4.78 is 5.82. The van der Waals surface area contributed by atoms with Crippen LogP contribution in [-0.4, -0.2) is 100 Å². The van der Waals surface area contributed by atoms with E-state index in [4.69, 9.17) is 4.67 Å². The van der Waals surface area contributed by atoms with Crippen molar-refractivity contribution in [2.75, 3.05) is 39.2 Å². The second-order valence-corrected chi connectivity index (χ2v) is 17.7. The molecule has 6 rings (SSSR count). The lowest BCUT2D eigenvalue weighted by Gasteiger charge is -2.42. The van der Waals surface area contributed by atoms with E-state index in [9.17, 15) is 4.79 Å². The van der Waals surface area contributed by atoms with Crippen molar-refractivity contribution >= 4 is 27.2 Å². The highest BCUT2D eigenvalue weighted by Crippen LogP contribution is 2.50. The van der Waals surface area contributed by atoms with Crippen LogP contribution in [0.3, 0.4) is 0 Å². The van der Waals surface area contributed by atoms with Crippen molar-refractivity contribution in [1.82, 2.24) is 25.2 Å². The first-order valence-electron chi connectivity index (χ1n) is 15.8. The van der Waals surface area contributed by atoms with Gasteiger partial charge in [0, 0.05) is 43.4 Å². The van der Waals surface area contributed by atoms with Gasteiger partial charge in [-0.3, -0.25) is 10.1 Å². The Bertz CT molecular complexity index is 968. The summed E-state index contributed by atoms with van der Waals surface area (Å²) in [6.07, 6.45) is 22.5. The molecule has 38 heavy (non-hydrogen) atoms. The second-order valence-electron chi connectivity index (χ2n) is 14.0. The fourth-order valence-corrected chi connectivity index (χ4v) is 11.0. The highest BCUT2D eigenvalue weighted by atomic mass is 32.3. The lowest BCUT2D eigenvalue weighted by molar-refractivity contribution is -0.874. The molecule has 5 fully saturated rings. The molecule has 6 aliphatic rings. The van der Waals surface area contributed by atoms with Crippen LogP contribution in [0.5, 0.6) is 0 Å². The summed E-state index contributed by atoms with van der Waals surface area (Å²) in [5.41, 5.74) is 3.86. The largest absolute Gasteiger partial charge is 0.342 e. The maximum Gasteiger partial charge on any atom is 0.309 e. The smallest absolute Gasteiger partial charge is 0.309 e.